The van der Waals surface area contributed by atoms with Gasteiger partial charge in [0.25, 0.3) is 0 Å². The molecule has 1 aliphatic carbocycles. The molecule has 0 amide bonds. The standard InChI is InChI=1S/C16H28N2O/c1-4-18(11-14-6-5-7-14)12-16-9-8-15(19-16)10-17-13(2)3/h8-9,13-14,17H,4-7,10-12H2,1-3H3. The van der Waals surface area contributed by atoms with Crippen LogP contribution in [0.4, 0.5) is 0 Å². The number of rotatable bonds is 8. The Hall–Kier alpha value is -0.800. The van der Waals surface area contributed by atoms with Gasteiger partial charge in [0, 0.05) is 12.6 Å². The van der Waals surface area contributed by atoms with E-state index >= 15 is 0 Å². The van der Waals surface area contributed by atoms with E-state index in [2.05, 4.69) is 43.1 Å². The summed E-state index contributed by atoms with van der Waals surface area (Å²) < 4.78 is 5.90. The highest BCUT2D eigenvalue weighted by Gasteiger charge is 2.20. The molecule has 108 valence electrons. The summed E-state index contributed by atoms with van der Waals surface area (Å²) in [6.07, 6.45) is 4.25. The first-order valence-corrected chi connectivity index (χ1v) is 7.70. The van der Waals surface area contributed by atoms with Gasteiger partial charge in [0.15, 0.2) is 0 Å². The Bertz CT molecular complexity index is 369. The third kappa shape index (κ3) is 4.66. The van der Waals surface area contributed by atoms with Crippen molar-refractivity contribution in [2.75, 3.05) is 13.1 Å². The largest absolute Gasteiger partial charge is 0.463 e. The average Bonchev–Trinajstić information content (AvgIpc) is 2.77. The van der Waals surface area contributed by atoms with E-state index in [1.165, 1.54) is 25.8 Å². The van der Waals surface area contributed by atoms with Crippen LogP contribution in [0.2, 0.25) is 0 Å². The zero-order chi connectivity index (χ0) is 13.7. The molecular weight excluding hydrogens is 236 g/mol. The minimum absolute atomic E-state index is 0.499. The van der Waals surface area contributed by atoms with Crippen LogP contribution in [0.1, 0.15) is 51.6 Å². The van der Waals surface area contributed by atoms with Crippen molar-refractivity contribution in [1.82, 2.24) is 10.2 Å². The summed E-state index contributed by atoms with van der Waals surface area (Å²) in [4.78, 5) is 2.50. The first-order valence-electron chi connectivity index (χ1n) is 7.70. The summed E-state index contributed by atoms with van der Waals surface area (Å²) in [6, 6.07) is 4.72. The predicted octanol–water partition coefficient (Wildman–Crippen LogP) is 3.40. The van der Waals surface area contributed by atoms with Gasteiger partial charge in [0.1, 0.15) is 11.5 Å². The summed E-state index contributed by atoms with van der Waals surface area (Å²) in [5, 5.41) is 3.39. The predicted molar refractivity (Wildman–Crippen MR) is 79.0 cm³/mol. The van der Waals surface area contributed by atoms with Crippen molar-refractivity contribution in [2.45, 2.75) is 59.2 Å². The zero-order valence-electron chi connectivity index (χ0n) is 12.6. The quantitative estimate of drug-likeness (QED) is 0.780. The van der Waals surface area contributed by atoms with E-state index in [1.54, 1.807) is 0 Å². The third-order valence-electron chi connectivity index (χ3n) is 3.97. The molecule has 0 aliphatic heterocycles. The van der Waals surface area contributed by atoms with Gasteiger partial charge in [-0.2, -0.15) is 0 Å². The highest BCUT2D eigenvalue weighted by molar-refractivity contribution is 5.07. The highest BCUT2D eigenvalue weighted by atomic mass is 16.3. The maximum Gasteiger partial charge on any atom is 0.118 e. The maximum atomic E-state index is 5.90. The van der Waals surface area contributed by atoms with Crippen LogP contribution in [0.15, 0.2) is 16.5 Å². The van der Waals surface area contributed by atoms with Crippen molar-refractivity contribution < 1.29 is 4.42 Å². The Labute approximate surface area is 117 Å². The summed E-state index contributed by atoms with van der Waals surface area (Å²) in [5.74, 6) is 3.07. The maximum absolute atomic E-state index is 5.90. The highest BCUT2D eigenvalue weighted by Crippen LogP contribution is 2.27. The Morgan fingerprint density at radius 2 is 2.05 bits per heavy atom. The first kappa shape index (κ1) is 14.6. The third-order valence-corrected chi connectivity index (χ3v) is 3.97. The van der Waals surface area contributed by atoms with E-state index in [-0.39, 0.29) is 0 Å². The fraction of sp³-hybridized carbons (Fsp3) is 0.750. The van der Waals surface area contributed by atoms with Crippen molar-refractivity contribution in [2.24, 2.45) is 5.92 Å². The van der Waals surface area contributed by atoms with Crippen LogP contribution in [-0.2, 0) is 13.1 Å². The number of nitrogens with one attached hydrogen (secondary N) is 1. The van der Waals surface area contributed by atoms with Crippen molar-refractivity contribution in [3.8, 4) is 0 Å². The van der Waals surface area contributed by atoms with Gasteiger partial charge >= 0.3 is 0 Å². The summed E-state index contributed by atoms with van der Waals surface area (Å²) >= 11 is 0. The fourth-order valence-electron chi connectivity index (χ4n) is 2.47. The molecule has 1 saturated carbocycles. The Kier molecular flexibility index (Phi) is 5.46. The van der Waals surface area contributed by atoms with Crippen LogP contribution in [0.3, 0.4) is 0 Å². The normalized spacial score (nSPS) is 16.3. The number of nitrogens with zero attached hydrogens (tertiary/aromatic N) is 1. The van der Waals surface area contributed by atoms with Gasteiger partial charge in [-0.15, -0.1) is 0 Å². The molecule has 0 radical (unpaired) electrons. The minimum Gasteiger partial charge on any atom is -0.463 e. The molecular formula is C16H28N2O. The molecule has 0 bridgehead atoms. The number of hydrogen-bond donors (Lipinski definition) is 1. The Morgan fingerprint density at radius 1 is 1.32 bits per heavy atom. The lowest BCUT2D eigenvalue weighted by Crippen LogP contribution is -2.31. The molecule has 1 aromatic rings. The molecule has 19 heavy (non-hydrogen) atoms. The average molecular weight is 264 g/mol. The van der Waals surface area contributed by atoms with Crippen molar-refractivity contribution in [3.05, 3.63) is 23.7 Å². The molecule has 3 nitrogen and oxygen atoms in total. The van der Waals surface area contributed by atoms with E-state index in [4.69, 9.17) is 4.42 Å². The van der Waals surface area contributed by atoms with Crippen molar-refractivity contribution >= 4 is 0 Å². The van der Waals surface area contributed by atoms with Gasteiger partial charge in [-0.1, -0.05) is 27.2 Å². The lowest BCUT2D eigenvalue weighted by Gasteiger charge is -2.31. The smallest absolute Gasteiger partial charge is 0.118 e. The lowest BCUT2D eigenvalue weighted by molar-refractivity contribution is 0.168. The monoisotopic (exact) mass is 264 g/mol. The fourth-order valence-corrected chi connectivity index (χ4v) is 2.47. The van der Waals surface area contributed by atoms with Crippen molar-refractivity contribution in [3.63, 3.8) is 0 Å². The number of hydrogen-bond acceptors (Lipinski definition) is 3. The van der Waals surface area contributed by atoms with E-state index in [0.717, 1.165) is 37.1 Å². The molecule has 0 saturated heterocycles. The molecule has 1 N–H and O–H groups in total. The van der Waals surface area contributed by atoms with Crippen LogP contribution < -0.4 is 5.32 Å². The molecule has 0 spiro atoms. The van der Waals surface area contributed by atoms with Gasteiger partial charge in [0.2, 0.25) is 0 Å². The molecule has 1 heterocycles. The first-order chi connectivity index (χ1) is 9.17. The van der Waals surface area contributed by atoms with Crippen LogP contribution in [0.5, 0.6) is 0 Å². The molecule has 0 unspecified atom stereocenters. The second-order valence-electron chi connectivity index (χ2n) is 6.03. The molecule has 0 atom stereocenters. The van der Waals surface area contributed by atoms with Gasteiger partial charge in [-0.05, 0) is 37.4 Å². The van der Waals surface area contributed by atoms with Crippen LogP contribution in [-0.4, -0.2) is 24.0 Å². The van der Waals surface area contributed by atoms with Gasteiger partial charge in [-0.3, -0.25) is 4.90 Å². The lowest BCUT2D eigenvalue weighted by atomic mass is 9.85. The van der Waals surface area contributed by atoms with Crippen molar-refractivity contribution in [1.29, 1.82) is 0 Å². The summed E-state index contributed by atoms with van der Waals surface area (Å²) in [6.45, 7) is 10.7. The van der Waals surface area contributed by atoms with E-state index in [0.29, 0.717) is 6.04 Å². The van der Waals surface area contributed by atoms with Gasteiger partial charge in [-0.25, -0.2) is 0 Å². The van der Waals surface area contributed by atoms with Gasteiger partial charge < -0.3 is 9.73 Å². The van der Waals surface area contributed by atoms with Gasteiger partial charge in [0.05, 0.1) is 13.1 Å². The molecule has 1 aliphatic rings. The molecule has 2 rings (SSSR count). The summed E-state index contributed by atoms with van der Waals surface area (Å²) in [5.41, 5.74) is 0. The topological polar surface area (TPSA) is 28.4 Å². The Balaban J connectivity index is 1.79. The second kappa shape index (κ2) is 7.11. The van der Waals surface area contributed by atoms with Crippen LogP contribution >= 0.6 is 0 Å². The molecule has 0 aromatic carbocycles. The number of furan rings is 1. The van der Waals surface area contributed by atoms with Crippen LogP contribution in [0, 0.1) is 5.92 Å². The van der Waals surface area contributed by atoms with E-state index < -0.39 is 0 Å². The Morgan fingerprint density at radius 3 is 2.63 bits per heavy atom. The molecule has 1 fully saturated rings. The SMILES string of the molecule is CCN(Cc1ccc(CNC(C)C)o1)CC1CCC1. The summed E-state index contributed by atoms with van der Waals surface area (Å²) in [7, 11) is 0. The second-order valence-corrected chi connectivity index (χ2v) is 6.03. The van der Waals surface area contributed by atoms with E-state index in [9.17, 15) is 0 Å². The van der Waals surface area contributed by atoms with Crippen LogP contribution in [0.25, 0.3) is 0 Å². The van der Waals surface area contributed by atoms with E-state index in [1.807, 2.05) is 0 Å². The molecule has 1 aromatic heterocycles. The minimum atomic E-state index is 0.499. The zero-order valence-corrected chi connectivity index (χ0v) is 12.6. The molecule has 3 heteroatoms.